The van der Waals surface area contributed by atoms with Crippen LogP contribution >= 0.6 is 0 Å². The van der Waals surface area contributed by atoms with E-state index in [4.69, 9.17) is 9.88 Å². The fourth-order valence-corrected chi connectivity index (χ4v) is 2.75. The minimum atomic E-state index is -3.83. The Kier molecular flexibility index (Phi) is 4.70. The van der Waals surface area contributed by atoms with E-state index in [9.17, 15) is 13.2 Å². The summed E-state index contributed by atoms with van der Waals surface area (Å²) < 4.78 is 29.3. The van der Waals surface area contributed by atoms with Crippen LogP contribution in [0.2, 0.25) is 0 Å². The second-order valence-corrected chi connectivity index (χ2v) is 7.04. The summed E-state index contributed by atoms with van der Waals surface area (Å²) in [6.45, 7) is 3.50. The molecule has 0 aliphatic heterocycles. The van der Waals surface area contributed by atoms with Gasteiger partial charge < -0.3 is 14.6 Å². The summed E-state index contributed by atoms with van der Waals surface area (Å²) in [5.74, 6) is 0.875. The molecule has 2 unspecified atom stereocenters. The number of nitrogens with one attached hydrogen (secondary N) is 1. The minimum absolute atomic E-state index is 0.0662. The molecule has 2 atom stereocenters. The zero-order valence-corrected chi connectivity index (χ0v) is 13.0. The largest absolute Gasteiger partial charge is 0.383 e. The van der Waals surface area contributed by atoms with Crippen LogP contribution < -0.4 is 10.5 Å². The fraction of sp³-hybridized carbons (Fsp3) is 0.615. The van der Waals surface area contributed by atoms with Crippen LogP contribution in [-0.2, 0) is 21.3 Å². The lowest BCUT2D eigenvalue weighted by Gasteiger charge is -2.08. The number of hydrogen-bond donors (Lipinski definition) is 2. The van der Waals surface area contributed by atoms with Gasteiger partial charge in [-0.3, -0.25) is 4.79 Å². The number of hydrogen-bond acceptors (Lipinski definition) is 4. The third kappa shape index (κ3) is 4.05. The van der Waals surface area contributed by atoms with Gasteiger partial charge in [0.05, 0.1) is 6.61 Å². The molecule has 1 amide bonds. The first kappa shape index (κ1) is 16.0. The van der Waals surface area contributed by atoms with Crippen LogP contribution in [0.15, 0.2) is 17.2 Å². The lowest BCUT2D eigenvalue weighted by Crippen LogP contribution is -2.28. The number of nitrogens with two attached hydrogens (primary N) is 1. The molecule has 7 nitrogen and oxygen atoms in total. The highest BCUT2D eigenvalue weighted by atomic mass is 32.2. The molecular weight excluding hydrogens is 294 g/mol. The summed E-state index contributed by atoms with van der Waals surface area (Å²) in [7, 11) is -2.29. The number of aromatic nitrogens is 1. The number of carbonyl (C=O) groups is 1. The molecule has 1 aliphatic rings. The predicted molar refractivity (Wildman–Crippen MR) is 77.3 cm³/mol. The summed E-state index contributed by atoms with van der Waals surface area (Å²) in [5.41, 5.74) is 0.282. The normalized spacial score (nSPS) is 21.3. The van der Waals surface area contributed by atoms with Gasteiger partial charge in [0.1, 0.15) is 10.6 Å². The molecule has 1 heterocycles. The summed E-state index contributed by atoms with van der Waals surface area (Å²) >= 11 is 0. The van der Waals surface area contributed by atoms with Crippen molar-refractivity contribution in [1.29, 1.82) is 0 Å². The predicted octanol–water partition coefficient (Wildman–Crippen LogP) is 0.168. The van der Waals surface area contributed by atoms with Crippen molar-refractivity contribution < 1.29 is 17.9 Å². The highest BCUT2D eigenvalue weighted by Gasteiger charge is 2.32. The van der Waals surface area contributed by atoms with E-state index < -0.39 is 10.0 Å². The Labute approximate surface area is 124 Å². The molecule has 1 saturated carbocycles. The second-order valence-electron chi connectivity index (χ2n) is 5.48. The molecular formula is C13H21N3O4S. The molecule has 0 saturated heterocycles. The van der Waals surface area contributed by atoms with Gasteiger partial charge in [0.15, 0.2) is 0 Å². The van der Waals surface area contributed by atoms with Crippen molar-refractivity contribution in [2.75, 3.05) is 20.3 Å². The summed E-state index contributed by atoms with van der Waals surface area (Å²) in [4.78, 5) is 12.1. The van der Waals surface area contributed by atoms with Gasteiger partial charge in [-0.05, 0) is 24.3 Å². The van der Waals surface area contributed by atoms with Gasteiger partial charge in [-0.25, -0.2) is 13.6 Å². The molecule has 1 fully saturated rings. The zero-order valence-electron chi connectivity index (χ0n) is 12.2. The fourth-order valence-electron chi connectivity index (χ4n) is 2.20. The van der Waals surface area contributed by atoms with Gasteiger partial charge in [0.2, 0.25) is 10.0 Å². The van der Waals surface area contributed by atoms with Gasteiger partial charge in [-0.2, -0.15) is 0 Å². The Hall–Kier alpha value is -1.38. The van der Waals surface area contributed by atoms with E-state index in [-0.39, 0.29) is 16.5 Å². The van der Waals surface area contributed by atoms with Crippen molar-refractivity contribution in [3.8, 4) is 0 Å². The lowest BCUT2D eigenvalue weighted by atomic mass is 10.3. The molecule has 0 radical (unpaired) electrons. The molecule has 1 aromatic rings. The number of primary sulfonamides is 1. The molecule has 21 heavy (non-hydrogen) atoms. The number of carbonyl (C=O) groups excluding carboxylic acids is 1. The van der Waals surface area contributed by atoms with Crippen LogP contribution in [0, 0.1) is 11.8 Å². The van der Waals surface area contributed by atoms with Crippen molar-refractivity contribution in [1.82, 2.24) is 9.88 Å². The molecule has 0 aromatic carbocycles. The van der Waals surface area contributed by atoms with E-state index >= 15 is 0 Å². The summed E-state index contributed by atoms with van der Waals surface area (Å²) in [6, 6.07) is 1.30. The molecule has 8 heteroatoms. The Morgan fingerprint density at radius 1 is 1.57 bits per heavy atom. The lowest BCUT2D eigenvalue weighted by molar-refractivity contribution is 0.0939. The molecule has 3 N–H and O–H groups in total. The van der Waals surface area contributed by atoms with Crippen LogP contribution in [0.4, 0.5) is 0 Å². The molecule has 0 bridgehead atoms. The molecule has 118 valence electrons. The van der Waals surface area contributed by atoms with E-state index in [1.165, 1.54) is 19.4 Å². The second kappa shape index (κ2) is 6.17. The van der Waals surface area contributed by atoms with Gasteiger partial charge in [0, 0.05) is 26.4 Å². The van der Waals surface area contributed by atoms with Crippen molar-refractivity contribution in [2.24, 2.45) is 17.0 Å². The van der Waals surface area contributed by atoms with E-state index in [1.54, 1.807) is 4.57 Å². The van der Waals surface area contributed by atoms with Crippen molar-refractivity contribution >= 4 is 15.9 Å². The Morgan fingerprint density at radius 3 is 2.76 bits per heavy atom. The quantitative estimate of drug-likeness (QED) is 0.748. The van der Waals surface area contributed by atoms with Gasteiger partial charge in [0.25, 0.3) is 5.91 Å². The third-order valence-corrected chi connectivity index (χ3v) is 4.65. The average molecular weight is 315 g/mol. The summed E-state index contributed by atoms with van der Waals surface area (Å²) in [6.07, 6.45) is 2.48. The van der Waals surface area contributed by atoms with Gasteiger partial charge >= 0.3 is 0 Å². The first-order valence-electron chi connectivity index (χ1n) is 6.83. The molecule has 1 aliphatic carbocycles. The maximum Gasteiger partial charge on any atom is 0.267 e. The molecule has 1 aromatic heterocycles. The van der Waals surface area contributed by atoms with Crippen LogP contribution in [0.25, 0.3) is 0 Å². The van der Waals surface area contributed by atoms with Crippen LogP contribution in [0.1, 0.15) is 23.8 Å². The number of rotatable bonds is 7. The Balaban J connectivity index is 2.14. The first-order valence-corrected chi connectivity index (χ1v) is 8.37. The van der Waals surface area contributed by atoms with Crippen LogP contribution in [-0.4, -0.2) is 39.2 Å². The van der Waals surface area contributed by atoms with Crippen LogP contribution in [0.3, 0.4) is 0 Å². The number of nitrogens with zero attached hydrogens (tertiary/aromatic N) is 1. The smallest absolute Gasteiger partial charge is 0.267 e. The van der Waals surface area contributed by atoms with Crippen LogP contribution in [0.5, 0.6) is 0 Å². The minimum Gasteiger partial charge on any atom is -0.383 e. The highest BCUT2D eigenvalue weighted by molar-refractivity contribution is 7.89. The number of ether oxygens (including phenoxy) is 1. The SMILES string of the molecule is COCCn1cc(S(N)(=O)=O)cc1C(=O)NCC1CC1C. The highest BCUT2D eigenvalue weighted by Crippen LogP contribution is 2.36. The van der Waals surface area contributed by atoms with Gasteiger partial charge in [-0.15, -0.1) is 0 Å². The number of amides is 1. The van der Waals surface area contributed by atoms with Crippen molar-refractivity contribution in [2.45, 2.75) is 24.8 Å². The zero-order chi connectivity index (χ0) is 15.6. The van der Waals surface area contributed by atoms with E-state index in [0.29, 0.717) is 31.5 Å². The van der Waals surface area contributed by atoms with E-state index in [0.717, 1.165) is 6.42 Å². The Bertz CT molecular complexity index is 623. The monoisotopic (exact) mass is 315 g/mol. The van der Waals surface area contributed by atoms with E-state index in [2.05, 4.69) is 12.2 Å². The number of sulfonamides is 1. The molecule has 0 spiro atoms. The maximum atomic E-state index is 12.2. The molecule has 2 rings (SSSR count). The van der Waals surface area contributed by atoms with Gasteiger partial charge in [-0.1, -0.05) is 6.92 Å². The average Bonchev–Trinajstić information content (AvgIpc) is 2.93. The first-order chi connectivity index (χ1) is 9.82. The van der Waals surface area contributed by atoms with Crippen molar-refractivity contribution in [3.63, 3.8) is 0 Å². The Morgan fingerprint density at radius 2 is 2.24 bits per heavy atom. The number of methoxy groups -OCH3 is 1. The maximum absolute atomic E-state index is 12.2. The third-order valence-electron chi connectivity index (χ3n) is 3.77. The standard InChI is InChI=1S/C13H21N3O4S/c1-9-5-10(9)7-15-13(17)12-6-11(21(14,18)19)8-16(12)3-4-20-2/h6,8-10H,3-5,7H2,1-2H3,(H,15,17)(H2,14,18,19). The summed E-state index contributed by atoms with van der Waals surface area (Å²) in [5, 5.41) is 7.95. The van der Waals surface area contributed by atoms with E-state index in [1.807, 2.05) is 0 Å². The topological polar surface area (TPSA) is 103 Å². The van der Waals surface area contributed by atoms with Crippen molar-refractivity contribution in [3.05, 3.63) is 18.0 Å².